The molecule has 0 aliphatic carbocycles. The van der Waals surface area contributed by atoms with Gasteiger partial charge in [-0.3, -0.25) is 4.79 Å². The van der Waals surface area contributed by atoms with E-state index in [0.29, 0.717) is 41.8 Å². The van der Waals surface area contributed by atoms with Crippen molar-refractivity contribution in [3.05, 3.63) is 22.7 Å². The third kappa shape index (κ3) is 4.79. The van der Waals surface area contributed by atoms with E-state index >= 15 is 0 Å². The van der Waals surface area contributed by atoms with Gasteiger partial charge in [-0.05, 0) is 51.2 Å². The molecule has 1 aromatic rings. The number of aliphatic hydroxyl groups excluding tert-OH is 1. The molecule has 0 bridgehead atoms. The minimum atomic E-state index is -0.0613. The summed E-state index contributed by atoms with van der Waals surface area (Å²) in [6, 6.07) is 3.46. The molecular weight excluding hydrogens is 342 g/mol. The molecule has 2 rings (SSSR count). The Morgan fingerprint density at radius 1 is 1.36 bits per heavy atom. The first kappa shape index (κ1) is 19.9. The van der Waals surface area contributed by atoms with Crippen LogP contribution in [0.2, 0.25) is 5.02 Å². The van der Waals surface area contributed by atoms with Crippen LogP contribution in [-0.2, 0) is 0 Å². The predicted octanol–water partition coefficient (Wildman–Crippen LogP) is 3.76. The molecule has 1 amide bonds. The summed E-state index contributed by atoms with van der Waals surface area (Å²) >= 11 is 6.36. The highest BCUT2D eigenvalue weighted by atomic mass is 35.5. The van der Waals surface area contributed by atoms with E-state index < -0.39 is 0 Å². The maximum absolute atomic E-state index is 12.9. The Morgan fingerprint density at radius 3 is 2.72 bits per heavy atom. The summed E-state index contributed by atoms with van der Waals surface area (Å²) in [4.78, 5) is 14.8. The maximum Gasteiger partial charge on any atom is 0.254 e. The normalized spacial score (nSPS) is 20.4. The lowest BCUT2D eigenvalue weighted by atomic mass is 9.92. The summed E-state index contributed by atoms with van der Waals surface area (Å²) in [6.45, 7) is 7.74. The minimum Gasteiger partial charge on any atom is -0.490 e. The number of nitrogens with zero attached hydrogens (tertiary/aromatic N) is 1. The molecular formula is C19H28ClNO4. The van der Waals surface area contributed by atoms with Crippen LogP contribution < -0.4 is 9.47 Å². The van der Waals surface area contributed by atoms with E-state index in [-0.39, 0.29) is 24.5 Å². The highest BCUT2D eigenvalue weighted by Crippen LogP contribution is 2.37. The lowest BCUT2D eigenvalue weighted by Gasteiger charge is -2.37. The summed E-state index contributed by atoms with van der Waals surface area (Å²) in [5.41, 5.74) is 0.506. The molecule has 1 fully saturated rings. The van der Waals surface area contributed by atoms with Crippen LogP contribution in [0.15, 0.2) is 12.1 Å². The second-order valence-corrected chi connectivity index (χ2v) is 6.89. The van der Waals surface area contributed by atoms with Gasteiger partial charge in [-0.25, -0.2) is 0 Å². The fourth-order valence-corrected chi connectivity index (χ4v) is 3.47. The molecule has 25 heavy (non-hydrogen) atoms. The topological polar surface area (TPSA) is 59.0 Å². The highest BCUT2D eigenvalue weighted by Gasteiger charge is 2.30. The van der Waals surface area contributed by atoms with E-state index in [1.807, 2.05) is 25.7 Å². The van der Waals surface area contributed by atoms with Gasteiger partial charge in [0.15, 0.2) is 11.5 Å². The van der Waals surface area contributed by atoms with Crippen LogP contribution in [0.25, 0.3) is 0 Å². The van der Waals surface area contributed by atoms with Gasteiger partial charge in [0.25, 0.3) is 5.91 Å². The lowest BCUT2D eigenvalue weighted by Crippen LogP contribution is -2.45. The number of carbonyl (C=O) groups is 1. The zero-order valence-corrected chi connectivity index (χ0v) is 16.0. The molecule has 6 heteroatoms. The molecule has 0 saturated carbocycles. The van der Waals surface area contributed by atoms with Gasteiger partial charge in [-0.1, -0.05) is 18.5 Å². The fraction of sp³-hybridized carbons (Fsp3) is 0.632. The predicted molar refractivity (Wildman–Crippen MR) is 98.7 cm³/mol. The van der Waals surface area contributed by atoms with E-state index in [1.165, 1.54) is 0 Å². The van der Waals surface area contributed by atoms with Gasteiger partial charge < -0.3 is 19.5 Å². The molecule has 0 unspecified atom stereocenters. The Kier molecular flexibility index (Phi) is 7.38. The van der Waals surface area contributed by atoms with Crippen molar-refractivity contribution < 1.29 is 19.4 Å². The summed E-state index contributed by atoms with van der Waals surface area (Å²) in [6.07, 6.45) is 2.49. The lowest BCUT2D eigenvalue weighted by molar-refractivity contribution is 0.0514. The van der Waals surface area contributed by atoms with Gasteiger partial charge in [0.1, 0.15) is 0 Å². The number of aliphatic hydroxyl groups is 1. The van der Waals surface area contributed by atoms with Crippen LogP contribution in [0.1, 0.15) is 50.4 Å². The second kappa shape index (κ2) is 9.30. The van der Waals surface area contributed by atoms with Gasteiger partial charge in [0, 0.05) is 24.8 Å². The van der Waals surface area contributed by atoms with Gasteiger partial charge in [-0.15, -0.1) is 0 Å². The van der Waals surface area contributed by atoms with Crippen LogP contribution in [0.3, 0.4) is 0 Å². The summed E-state index contributed by atoms with van der Waals surface area (Å²) in [5, 5.41) is 9.72. The first-order valence-electron chi connectivity index (χ1n) is 9.02. The Morgan fingerprint density at radius 2 is 2.12 bits per heavy atom. The van der Waals surface area contributed by atoms with Crippen molar-refractivity contribution in [3.63, 3.8) is 0 Å². The monoisotopic (exact) mass is 369 g/mol. The Bertz CT molecular complexity index is 593. The molecule has 1 aromatic carbocycles. The molecule has 140 valence electrons. The molecule has 5 nitrogen and oxygen atoms in total. The van der Waals surface area contributed by atoms with E-state index in [4.69, 9.17) is 21.1 Å². The number of likely N-dealkylation sites (tertiary alicyclic amines) is 1. The van der Waals surface area contributed by atoms with Gasteiger partial charge >= 0.3 is 0 Å². The largest absolute Gasteiger partial charge is 0.490 e. The molecule has 0 spiro atoms. The van der Waals surface area contributed by atoms with E-state index in [1.54, 1.807) is 12.1 Å². The van der Waals surface area contributed by atoms with Crippen LogP contribution in [-0.4, -0.2) is 48.3 Å². The highest BCUT2D eigenvalue weighted by molar-refractivity contribution is 6.32. The molecule has 0 radical (unpaired) electrons. The standard InChI is InChI=1S/C19H28ClNO4/c1-4-8-25-18-16(20)10-15(11-17(18)24-5-2)19(23)21-7-6-14(12-22)9-13(21)3/h10-11,13-14,22H,4-9,12H2,1-3H3/t13-,14-/m0/s1. The molecule has 0 aromatic heterocycles. The quantitative estimate of drug-likeness (QED) is 0.795. The minimum absolute atomic E-state index is 0.0613. The number of benzene rings is 1. The van der Waals surface area contributed by atoms with Gasteiger partial charge in [-0.2, -0.15) is 0 Å². The van der Waals surface area contributed by atoms with Crippen LogP contribution in [0.4, 0.5) is 0 Å². The fourth-order valence-electron chi connectivity index (χ4n) is 3.20. The Labute approximate surface area is 154 Å². The number of halogens is 1. The van der Waals surface area contributed by atoms with E-state index in [0.717, 1.165) is 19.3 Å². The van der Waals surface area contributed by atoms with Crippen LogP contribution in [0, 0.1) is 5.92 Å². The number of piperidine rings is 1. The average Bonchev–Trinajstić information content (AvgIpc) is 2.60. The second-order valence-electron chi connectivity index (χ2n) is 6.49. The number of carbonyl (C=O) groups excluding carboxylic acids is 1. The summed E-state index contributed by atoms with van der Waals surface area (Å²) in [5.74, 6) is 1.21. The number of hydrogen-bond donors (Lipinski definition) is 1. The van der Waals surface area contributed by atoms with Crippen molar-refractivity contribution in [3.8, 4) is 11.5 Å². The van der Waals surface area contributed by atoms with Gasteiger partial charge in [0.2, 0.25) is 0 Å². The smallest absolute Gasteiger partial charge is 0.254 e. The zero-order valence-electron chi connectivity index (χ0n) is 15.3. The van der Waals surface area contributed by atoms with Crippen molar-refractivity contribution in [1.82, 2.24) is 4.90 Å². The van der Waals surface area contributed by atoms with Crippen molar-refractivity contribution in [2.45, 2.75) is 46.1 Å². The van der Waals surface area contributed by atoms with Crippen molar-refractivity contribution in [2.75, 3.05) is 26.4 Å². The van der Waals surface area contributed by atoms with Crippen molar-refractivity contribution in [2.24, 2.45) is 5.92 Å². The van der Waals surface area contributed by atoms with Crippen molar-refractivity contribution >= 4 is 17.5 Å². The molecule has 1 saturated heterocycles. The number of ether oxygens (including phenoxy) is 2. The third-order valence-corrected chi connectivity index (χ3v) is 4.79. The summed E-state index contributed by atoms with van der Waals surface area (Å²) < 4.78 is 11.3. The first-order chi connectivity index (χ1) is 12.0. The van der Waals surface area contributed by atoms with Crippen LogP contribution >= 0.6 is 11.6 Å². The van der Waals surface area contributed by atoms with E-state index in [9.17, 15) is 9.90 Å². The number of hydrogen-bond acceptors (Lipinski definition) is 4. The Hall–Kier alpha value is -1.46. The molecule has 1 aliphatic rings. The number of rotatable bonds is 7. The SMILES string of the molecule is CCCOc1c(Cl)cc(C(=O)N2CC[C@H](CO)C[C@@H]2C)cc1OCC. The molecule has 1 aliphatic heterocycles. The Balaban J connectivity index is 2.24. The maximum atomic E-state index is 12.9. The molecule has 1 N–H and O–H groups in total. The first-order valence-corrected chi connectivity index (χ1v) is 9.40. The zero-order chi connectivity index (χ0) is 18.4. The third-order valence-electron chi connectivity index (χ3n) is 4.51. The average molecular weight is 370 g/mol. The number of amides is 1. The molecule has 2 atom stereocenters. The van der Waals surface area contributed by atoms with Gasteiger partial charge in [0.05, 0.1) is 18.2 Å². The molecule has 1 heterocycles. The van der Waals surface area contributed by atoms with Crippen LogP contribution in [0.5, 0.6) is 11.5 Å². The summed E-state index contributed by atoms with van der Waals surface area (Å²) in [7, 11) is 0. The van der Waals surface area contributed by atoms with Crippen molar-refractivity contribution in [1.29, 1.82) is 0 Å². The van der Waals surface area contributed by atoms with E-state index in [2.05, 4.69) is 0 Å².